The van der Waals surface area contributed by atoms with Crippen molar-refractivity contribution in [3.05, 3.63) is 64.5 Å². The molecule has 1 amide bonds. The van der Waals surface area contributed by atoms with E-state index in [2.05, 4.69) is 48.2 Å². The van der Waals surface area contributed by atoms with Crippen molar-refractivity contribution in [2.45, 2.75) is 26.2 Å². The first-order chi connectivity index (χ1) is 16.2. The van der Waals surface area contributed by atoms with E-state index in [0.29, 0.717) is 40.1 Å². The van der Waals surface area contributed by atoms with E-state index in [1.54, 1.807) is 32.4 Å². The number of hydrogen-bond acceptors (Lipinski definition) is 7. The SMILES string of the molecule is C=C/C=C(/CNc1ccsc1C(=O)Nc1cc(C(C)(C)C)[nH]n1)c1c(N)cc(OC)cc1OC. The molecule has 180 valence electrons. The van der Waals surface area contributed by atoms with Crippen LogP contribution in [-0.4, -0.2) is 36.9 Å². The lowest BCUT2D eigenvalue weighted by molar-refractivity contribution is 0.103. The van der Waals surface area contributed by atoms with Crippen LogP contribution >= 0.6 is 11.3 Å². The molecule has 0 saturated heterocycles. The van der Waals surface area contributed by atoms with Crippen molar-refractivity contribution in [3.63, 3.8) is 0 Å². The quantitative estimate of drug-likeness (QED) is 0.243. The maximum atomic E-state index is 12.9. The van der Waals surface area contributed by atoms with E-state index >= 15 is 0 Å². The van der Waals surface area contributed by atoms with E-state index in [9.17, 15) is 4.79 Å². The van der Waals surface area contributed by atoms with Gasteiger partial charge in [0.15, 0.2) is 5.82 Å². The van der Waals surface area contributed by atoms with Crippen LogP contribution in [0.25, 0.3) is 5.57 Å². The summed E-state index contributed by atoms with van der Waals surface area (Å²) < 4.78 is 10.8. The van der Waals surface area contributed by atoms with Crippen LogP contribution in [0.4, 0.5) is 17.2 Å². The summed E-state index contributed by atoms with van der Waals surface area (Å²) in [5.41, 5.74) is 9.98. The Labute approximate surface area is 203 Å². The van der Waals surface area contributed by atoms with E-state index in [-0.39, 0.29) is 11.3 Å². The number of ether oxygens (including phenoxy) is 2. The molecule has 0 saturated carbocycles. The van der Waals surface area contributed by atoms with Crippen LogP contribution in [0.3, 0.4) is 0 Å². The highest BCUT2D eigenvalue weighted by Gasteiger charge is 2.20. The Morgan fingerprint density at radius 3 is 2.65 bits per heavy atom. The molecule has 0 atom stereocenters. The Kier molecular flexibility index (Phi) is 7.68. The average molecular weight is 482 g/mol. The molecule has 0 spiro atoms. The van der Waals surface area contributed by atoms with Gasteiger partial charge in [-0.25, -0.2) is 0 Å². The number of nitrogens with two attached hydrogens (primary N) is 1. The van der Waals surface area contributed by atoms with Crippen LogP contribution in [0.5, 0.6) is 11.5 Å². The molecule has 1 aromatic carbocycles. The maximum Gasteiger partial charge on any atom is 0.269 e. The lowest BCUT2D eigenvalue weighted by Crippen LogP contribution is -2.14. The van der Waals surface area contributed by atoms with Crippen LogP contribution < -0.4 is 25.8 Å². The predicted molar refractivity (Wildman–Crippen MR) is 140 cm³/mol. The van der Waals surface area contributed by atoms with E-state index < -0.39 is 0 Å². The number of hydrogen-bond donors (Lipinski definition) is 4. The number of aromatic nitrogens is 2. The minimum absolute atomic E-state index is 0.0934. The number of amides is 1. The Bertz CT molecular complexity index is 1200. The number of thiophene rings is 1. The Balaban J connectivity index is 1.79. The zero-order valence-electron chi connectivity index (χ0n) is 20.1. The number of H-pyrrole nitrogens is 1. The van der Waals surface area contributed by atoms with Crippen LogP contribution in [0, 0.1) is 0 Å². The predicted octanol–water partition coefficient (Wildman–Crippen LogP) is 5.30. The largest absolute Gasteiger partial charge is 0.497 e. The lowest BCUT2D eigenvalue weighted by atomic mass is 9.92. The number of rotatable bonds is 9. The van der Waals surface area contributed by atoms with Crippen molar-refractivity contribution in [2.24, 2.45) is 0 Å². The normalized spacial score (nSPS) is 11.7. The summed E-state index contributed by atoms with van der Waals surface area (Å²) in [7, 11) is 3.16. The second kappa shape index (κ2) is 10.5. The van der Waals surface area contributed by atoms with Crippen molar-refractivity contribution >= 4 is 40.0 Å². The number of benzene rings is 1. The second-order valence-electron chi connectivity index (χ2n) is 8.61. The van der Waals surface area contributed by atoms with Gasteiger partial charge in [-0.3, -0.25) is 9.89 Å². The topological polar surface area (TPSA) is 114 Å². The molecule has 0 fully saturated rings. The highest BCUT2D eigenvalue weighted by atomic mass is 32.1. The average Bonchev–Trinajstić information content (AvgIpc) is 3.45. The molecular weight excluding hydrogens is 450 g/mol. The summed E-state index contributed by atoms with van der Waals surface area (Å²) in [5.74, 6) is 1.44. The molecule has 0 aliphatic rings. The van der Waals surface area contributed by atoms with Gasteiger partial charge in [-0.1, -0.05) is 39.5 Å². The molecule has 3 aromatic rings. The molecule has 0 bridgehead atoms. The molecule has 0 aliphatic heterocycles. The van der Waals surface area contributed by atoms with Gasteiger partial charge in [0.25, 0.3) is 5.91 Å². The third-order valence-corrected chi connectivity index (χ3v) is 6.08. The molecule has 2 aromatic heterocycles. The second-order valence-corrected chi connectivity index (χ2v) is 9.53. The van der Waals surface area contributed by atoms with Gasteiger partial charge >= 0.3 is 0 Å². The zero-order chi connectivity index (χ0) is 24.9. The first kappa shape index (κ1) is 24.9. The molecule has 0 unspecified atom stereocenters. The fraction of sp³-hybridized carbons (Fsp3) is 0.280. The minimum atomic E-state index is -0.236. The molecule has 5 N–H and O–H groups in total. The first-order valence-electron chi connectivity index (χ1n) is 10.7. The van der Waals surface area contributed by atoms with Crippen LogP contribution in [0.1, 0.15) is 41.7 Å². The third-order valence-electron chi connectivity index (χ3n) is 5.17. The van der Waals surface area contributed by atoms with E-state index in [4.69, 9.17) is 15.2 Å². The van der Waals surface area contributed by atoms with Crippen molar-refractivity contribution in [1.82, 2.24) is 10.2 Å². The molecule has 8 nitrogen and oxygen atoms in total. The number of nitrogen functional groups attached to an aromatic ring is 1. The Morgan fingerprint density at radius 2 is 2.03 bits per heavy atom. The molecule has 0 radical (unpaired) electrons. The Hall–Kier alpha value is -3.72. The van der Waals surface area contributed by atoms with Gasteiger partial charge in [-0.15, -0.1) is 11.3 Å². The highest BCUT2D eigenvalue weighted by molar-refractivity contribution is 7.12. The number of allylic oxidation sites excluding steroid dienone is 2. The number of nitrogens with zero attached hydrogens (tertiary/aromatic N) is 1. The number of aromatic amines is 1. The van der Waals surface area contributed by atoms with Crippen molar-refractivity contribution in [3.8, 4) is 11.5 Å². The summed E-state index contributed by atoms with van der Waals surface area (Å²) in [5, 5.41) is 15.3. The summed E-state index contributed by atoms with van der Waals surface area (Å²) in [6, 6.07) is 7.24. The van der Waals surface area contributed by atoms with Crippen molar-refractivity contribution in [1.29, 1.82) is 0 Å². The fourth-order valence-electron chi connectivity index (χ4n) is 3.36. The van der Waals surface area contributed by atoms with Gasteiger partial charge in [0.1, 0.15) is 16.4 Å². The smallest absolute Gasteiger partial charge is 0.269 e. The van der Waals surface area contributed by atoms with E-state index in [0.717, 1.165) is 16.8 Å². The minimum Gasteiger partial charge on any atom is -0.497 e. The fourth-order valence-corrected chi connectivity index (χ4v) is 4.13. The molecular formula is C25H31N5O3S. The Morgan fingerprint density at radius 1 is 1.26 bits per heavy atom. The zero-order valence-corrected chi connectivity index (χ0v) is 20.9. The number of anilines is 3. The van der Waals surface area contributed by atoms with Gasteiger partial charge in [0.2, 0.25) is 0 Å². The summed E-state index contributed by atoms with van der Waals surface area (Å²) in [6.45, 7) is 10.4. The number of carbonyl (C=O) groups excluding carboxylic acids is 1. The maximum absolute atomic E-state index is 12.9. The molecule has 2 heterocycles. The summed E-state index contributed by atoms with van der Waals surface area (Å²) in [4.78, 5) is 13.5. The van der Waals surface area contributed by atoms with Gasteiger partial charge < -0.3 is 25.8 Å². The first-order valence-corrected chi connectivity index (χ1v) is 11.6. The van der Waals surface area contributed by atoms with Gasteiger partial charge in [-0.2, -0.15) is 5.10 Å². The molecule has 9 heteroatoms. The molecule has 34 heavy (non-hydrogen) atoms. The molecule has 3 rings (SSSR count). The van der Waals surface area contributed by atoms with E-state index in [1.807, 2.05) is 23.6 Å². The monoisotopic (exact) mass is 481 g/mol. The highest BCUT2D eigenvalue weighted by Crippen LogP contribution is 2.36. The molecule has 0 aliphatic carbocycles. The van der Waals surface area contributed by atoms with Gasteiger partial charge in [0, 0.05) is 47.1 Å². The van der Waals surface area contributed by atoms with Gasteiger partial charge in [0.05, 0.1) is 19.9 Å². The number of carbonyl (C=O) groups is 1. The number of methoxy groups -OCH3 is 2. The standard InChI is InChI=1S/C25H31N5O3S/c1-7-8-15(22-17(26)11-16(32-5)12-19(22)33-6)14-27-18-9-10-34-23(18)24(31)28-21-13-20(29-30-21)25(2,3)4/h7-13,27H,1,14,26H2,2-6H3,(H2,28,29,30,31)/b15-8-. The van der Waals surface area contributed by atoms with Crippen LogP contribution in [0.2, 0.25) is 0 Å². The lowest BCUT2D eigenvalue weighted by Gasteiger charge is -2.17. The third kappa shape index (κ3) is 5.60. The summed E-state index contributed by atoms with van der Waals surface area (Å²) in [6.07, 6.45) is 3.54. The summed E-state index contributed by atoms with van der Waals surface area (Å²) >= 11 is 1.35. The van der Waals surface area contributed by atoms with Crippen LogP contribution in [-0.2, 0) is 5.41 Å². The van der Waals surface area contributed by atoms with Crippen LogP contribution in [0.15, 0.2) is 48.4 Å². The van der Waals surface area contributed by atoms with Crippen molar-refractivity contribution in [2.75, 3.05) is 37.1 Å². The number of nitrogens with one attached hydrogen (secondary N) is 3. The van der Waals surface area contributed by atoms with E-state index in [1.165, 1.54) is 11.3 Å². The van der Waals surface area contributed by atoms with Crippen molar-refractivity contribution < 1.29 is 14.3 Å². The van der Waals surface area contributed by atoms with Gasteiger partial charge in [-0.05, 0) is 17.0 Å².